The summed E-state index contributed by atoms with van der Waals surface area (Å²) in [6, 6.07) is 1.46. The quantitative estimate of drug-likeness (QED) is 0.709. The average Bonchev–Trinajstić information content (AvgIpc) is 2.15. The third-order valence-electron chi connectivity index (χ3n) is 1.53. The van der Waals surface area contributed by atoms with Gasteiger partial charge in [0.15, 0.2) is 0 Å². The molecule has 0 saturated heterocycles. The van der Waals surface area contributed by atoms with Crippen LogP contribution in [0.3, 0.4) is 0 Å². The molecule has 0 saturated carbocycles. The largest absolute Gasteiger partial charge is 0.433 e. The van der Waals surface area contributed by atoms with Gasteiger partial charge in [-0.2, -0.15) is 19.1 Å². The topological polar surface area (TPSA) is 91.2 Å². The van der Waals surface area contributed by atoms with Crippen molar-refractivity contribution in [1.29, 1.82) is 0 Å². The first-order chi connectivity index (χ1) is 6.86. The summed E-state index contributed by atoms with van der Waals surface area (Å²) in [5.41, 5.74) is 3.32. The molecule has 1 aromatic heterocycles. The summed E-state index contributed by atoms with van der Waals surface area (Å²) < 4.78 is 36.5. The van der Waals surface area contributed by atoms with Gasteiger partial charge in [-0.05, 0) is 12.1 Å². The Morgan fingerprint density at radius 3 is 2.40 bits per heavy atom. The molecular weight excluding hydrogens is 215 g/mol. The number of hydrogen-bond acceptors (Lipinski definition) is 4. The molecule has 4 N–H and O–H groups in total. The Hall–Kier alpha value is -1.83. The van der Waals surface area contributed by atoms with Crippen LogP contribution in [0.2, 0.25) is 0 Å². The number of amides is 1. The van der Waals surface area contributed by atoms with Gasteiger partial charge in [0.1, 0.15) is 11.3 Å². The standard InChI is InChI=1S/C7H6F3N3O2/c8-7(9,10)4-2-1-3(5(11)14)6(13-4)15-12/h1-2H,12H2,(H2,11,14). The second-order valence-electron chi connectivity index (χ2n) is 2.53. The van der Waals surface area contributed by atoms with Gasteiger partial charge in [-0.15, -0.1) is 0 Å². The van der Waals surface area contributed by atoms with Crippen molar-refractivity contribution < 1.29 is 22.8 Å². The maximum absolute atomic E-state index is 12.2. The molecule has 0 atom stereocenters. The van der Waals surface area contributed by atoms with E-state index in [-0.39, 0.29) is 5.56 Å². The van der Waals surface area contributed by atoms with Crippen LogP contribution >= 0.6 is 0 Å². The number of halogens is 3. The zero-order chi connectivity index (χ0) is 11.6. The van der Waals surface area contributed by atoms with Gasteiger partial charge in [0.05, 0.1) is 0 Å². The lowest BCUT2D eigenvalue weighted by atomic mass is 10.2. The van der Waals surface area contributed by atoms with Gasteiger partial charge in [-0.3, -0.25) is 4.79 Å². The Morgan fingerprint density at radius 1 is 1.40 bits per heavy atom. The summed E-state index contributed by atoms with van der Waals surface area (Å²) in [5, 5.41) is 0. The SMILES string of the molecule is NOc1nc(C(F)(F)F)ccc1C(N)=O. The van der Waals surface area contributed by atoms with E-state index in [1.165, 1.54) is 0 Å². The smallest absolute Gasteiger partial charge is 0.390 e. The van der Waals surface area contributed by atoms with E-state index in [0.29, 0.717) is 6.07 Å². The number of rotatable bonds is 2. The van der Waals surface area contributed by atoms with E-state index < -0.39 is 23.7 Å². The molecule has 0 unspecified atom stereocenters. The first kappa shape index (κ1) is 11.2. The Balaban J connectivity index is 3.25. The molecular formula is C7H6F3N3O2. The number of nitrogens with two attached hydrogens (primary N) is 2. The van der Waals surface area contributed by atoms with Gasteiger partial charge in [0.2, 0.25) is 0 Å². The minimum absolute atomic E-state index is 0.314. The minimum Gasteiger partial charge on any atom is -0.390 e. The lowest BCUT2D eigenvalue weighted by Gasteiger charge is -2.08. The van der Waals surface area contributed by atoms with Gasteiger partial charge < -0.3 is 10.6 Å². The molecule has 0 spiro atoms. The normalized spacial score (nSPS) is 11.2. The molecule has 1 rings (SSSR count). The van der Waals surface area contributed by atoms with Crippen LogP contribution in [0.15, 0.2) is 12.1 Å². The van der Waals surface area contributed by atoms with Gasteiger partial charge in [-0.1, -0.05) is 0 Å². The van der Waals surface area contributed by atoms with E-state index in [0.717, 1.165) is 6.07 Å². The summed E-state index contributed by atoms with van der Waals surface area (Å²) >= 11 is 0. The Morgan fingerprint density at radius 2 is 2.00 bits per heavy atom. The van der Waals surface area contributed by atoms with E-state index in [4.69, 9.17) is 5.73 Å². The van der Waals surface area contributed by atoms with Crippen molar-refractivity contribution in [1.82, 2.24) is 4.98 Å². The molecule has 1 amide bonds. The van der Waals surface area contributed by atoms with Gasteiger partial charge in [-0.25, -0.2) is 4.98 Å². The van der Waals surface area contributed by atoms with Crippen molar-refractivity contribution >= 4 is 5.91 Å². The van der Waals surface area contributed by atoms with E-state index in [1.807, 2.05) is 0 Å². The van der Waals surface area contributed by atoms with Crippen LogP contribution in [0.4, 0.5) is 13.2 Å². The molecule has 0 aliphatic carbocycles. The highest BCUT2D eigenvalue weighted by Gasteiger charge is 2.33. The molecule has 5 nitrogen and oxygen atoms in total. The summed E-state index contributed by atoms with van der Waals surface area (Å²) in [7, 11) is 0. The lowest BCUT2D eigenvalue weighted by Crippen LogP contribution is -2.18. The molecule has 82 valence electrons. The Bertz CT molecular complexity index is 392. The van der Waals surface area contributed by atoms with Crippen LogP contribution in [0.25, 0.3) is 0 Å². The third kappa shape index (κ3) is 2.34. The molecule has 8 heteroatoms. The number of carbonyl (C=O) groups excluding carboxylic acids is 1. The second-order valence-corrected chi connectivity index (χ2v) is 2.53. The fourth-order valence-electron chi connectivity index (χ4n) is 0.876. The van der Waals surface area contributed by atoms with Crippen molar-refractivity contribution in [3.8, 4) is 5.88 Å². The minimum atomic E-state index is -4.64. The van der Waals surface area contributed by atoms with Crippen molar-refractivity contribution in [3.63, 3.8) is 0 Å². The number of carbonyl (C=O) groups is 1. The number of pyridine rings is 1. The second kappa shape index (κ2) is 3.73. The van der Waals surface area contributed by atoms with E-state index in [9.17, 15) is 18.0 Å². The van der Waals surface area contributed by atoms with Crippen molar-refractivity contribution in [3.05, 3.63) is 23.4 Å². The number of alkyl halides is 3. The van der Waals surface area contributed by atoms with E-state index in [1.54, 1.807) is 0 Å². The molecule has 0 aromatic carbocycles. The average molecular weight is 221 g/mol. The predicted molar refractivity (Wildman–Crippen MR) is 42.6 cm³/mol. The third-order valence-corrected chi connectivity index (χ3v) is 1.53. The number of primary amides is 1. The maximum Gasteiger partial charge on any atom is 0.433 e. The monoisotopic (exact) mass is 221 g/mol. The van der Waals surface area contributed by atoms with Crippen molar-refractivity contribution in [2.75, 3.05) is 0 Å². The fraction of sp³-hybridized carbons (Fsp3) is 0.143. The van der Waals surface area contributed by atoms with Crippen LogP contribution < -0.4 is 16.5 Å². The zero-order valence-corrected chi connectivity index (χ0v) is 7.21. The Labute approximate surface area is 81.8 Å². The summed E-state index contributed by atoms with van der Waals surface area (Å²) in [5.74, 6) is 3.03. The van der Waals surface area contributed by atoms with Crippen LogP contribution in [0.5, 0.6) is 5.88 Å². The Kier molecular flexibility index (Phi) is 2.80. The van der Waals surface area contributed by atoms with E-state index in [2.05, 4.69) is 15.7 Å². The predicted octanol–water partition coefficient (Wildman–Crippen LogP) is 0.452. The van der Waals surface area contributed by atoms with Crippen molar-refractivity contribution in [2.24, 2.45) is 11.6 Å². The first-order valence-corrected chi connectivity index (χ1v) is 3.61. The van der Waals surface area contributed by atoms with Crippen LogP contribution in [0.1, 0.15) is 16.1 Å². The van der Waals surface area contributed by atoms with E-state index >= 15 is 0 Å². The molecule has 15 heavy (non-hydrogen) atoms. The number of nitrogens with zero attached hydrogens (tertiary/aromatic N) is 1. The molecule has 1 heterocycles. The first-order valence-electron chi connectivity index (χ1n) is 3.61. The molecule has 0 aliphatic heterocycles. The summed E-state index contributed by atoms with van der Waals surface area (Å²) in [6.07, 6.45) is -4.64. The maximum atomic E-state index is 12.2. The zero-order valence-electron chi connectivity index (χ0n) is 7.21. The number of aromatic nitrogens is 1. The fourth-order valence-corrected chi connectivity index (χ4v) is 0.876. The highest BCUT2D eigenvalue weighted by molar-refractivity contribution is 5.95. The van der Waals surface area contributed by atoms with Gasteiger partial charge >= 0.3 is 6.18 Å². The highest BCUT2D eigenvalue weighted by atomic mass is 19.4. The van der Waals surface area contributed by atoms with Crippen molar-refractivity contribution in [2.45, 2.75) is 6.18 Å². The summed E-state index contributed by atoms with van der Waals surface area (Å²) in [4.78, 5) is 17.7. The summed E-state index contributed by atoms with van der Waals surface area (Å²) in [6.45, 7) is 0. The van der Waals surface area contributed by atoms with Crippen LogP contribution in [-0.2, 0) is 6.18 Å². The van der Waals surface area contributed by atoms with Gasteiger partial charge in [0, 0.05) is 0 Å². The van der Waals surface area contributed by atoms with Crippen LogP contribution in [-0.4, -0.2) is 10.9 Å². The molecule has 0 bridgehead atoms. The molecule has 0 radical (unpaired) electrons. The molecule has 1 aromatic rings. The van der Waals surface area contributed by atoms with Crippen LogP contribution in [0, 0.1) is 0 Å². The molecule has 0 fully saturated rings. The molecule has 0 aliphatic rings. The van der Waals surface area contributed by atoms with Gasteiger partial charge in [0.25, 0.3) is 11.8 Å². The lowest BCUT2D eigenvalue weighted by molar-refractivity contribution is -0.141. The number of hydrogen-bond donors (Lipinski definition) is 2. The highest BCUT2D eigenvalue weighted by Crippen LogP contribution is 2.29.